The van der Waals surface area contributed by atoms with E-state index in [1.807, 2.05) is 44.7 Å². The van der Waals surface area contributed by atoms with E-state index in [9.17, 15) is 9.59 Å². The van der Waals surface area contributed by atoms with Crippen LogP contribution in [0.5, 0.6) is 0 Å². The first-order valence-corrected chi connectivity index (χ1v) is 13.3. The zero-order valence-corrected chi connectivity index (χ0v) is 23.0. The highest BCUT2D eigenvalue weighted by Gasteiger charge is 2.59. The van der Waals surface area contributed by atoms with Crippen molar-refractivity contribution in [3.05, 3.63) is 53.5 Å². The molecule has 1 aromatic carbocycles. The van der Waals surface area contributed by atoms with Gasteiger partial charge in [-0.05, 0) is 95.1 Å². The first-order chi connectivity index (χ1) is 18.0. The second-order valence-corrected chi connectivity index (χ2v) is 11.4. The zero-order valence-electron chi connectivity index (χ0n) is 22.2. The number of anilines is 3. The van der Waals surface area contributed by atoms with Crippen LogP contribution in [0.1, 0.15) is 45.6 Å². The number of carbonyl (C=O) groups excluding carboxylic acids is 2. The van der Waals surface area contributed by atoms with Crippen LogP contribution in [0, 0.1) is 13.5 Å². The second kappa shape index (κ2) is 9.55. The summed E-state index contributed by atoms with van der Waals surface area (Å²) in [5.41, 5.74) is 2.06. The Morgan fingerprint density at radius 2 is 1.71 bits per heavy atom. The van der Waals surface area contributed by atoms with Gasteiger partial charge in [-0.1, -0.05) is 6.57 Å². The molecule has 5 rings (SSSR count). The maximum Gasteiger partial charge on any atom is 0.410 e. The molecule has 198 valence electrons. The summed E-state index contributed by atoms with van der Waals surface area (Å²) in [4.78, 5) is 41.3. The van der Waals surface area contributed by atoms with Gasteiger partial charge in [-0.3, -0.25) is 9.69 Å². The van der Waals surface area contributed by atoms with Crippen molar-refractivity contribution < 1.29 is 14.3 Å². The predicted molar refractivity (Wildman–Crippen MR) is 151 cm³/mol. The SMILES string of the molecule is [C-]#[N+]c1ncc(N2C(=O)C3(CCC3)N(c3ccc(N4CCN(C(=O)OC(C)(C)C)CC4)cc3)C2=S)cc1C. The van der Waals surface area contributed by atoms with E-state index in [4.69, 9.17) is 23.5 Å². The van der Waals surface area contributed by atoms with E-state index in [0.29, 0.717) is 48.4 Å². The van der Waals surface area contributed by atoms with Crippen molar-refractivity contribution in [1.29, 1.82) is 0 Å². The van der Waals surface area contributed by atoms with E-state index in [1.54, 1.807) is 22.1 Å². The van der Waals surface area contributed by atoms with Crippen molar-refractivity contribution >= 4 is 52.2 Å². The lowest BCUT2D eigenvalue weighted by molar-refractivity contribution is -0.123. The van der Waals surface area contributed by atoms with Gasteiger partial charge in [0.05, 0.1) is 5.69 Å². The topological polar surface area (TPSA) is 73.6 Å². The van der Waals surface area contributed by atoms with Crippen molar-refractivity contribution in [2.24, 2.45) is 0 Å². The summed E-state index contributed by atoms with van der Waals surface area (Å²) in [6.07, 6.45) is 3.73. The molecule has 3 aliphatic rings. The number of rotatable bonds is 3. The molecule has 38 heavy (non-hydrogen) atoms. The first kappa shape index (κ1) is 25.9. The molecular formula is C28H32N6O3S. The number of aromatic nitrogens is 1. The van der Waals surface area contributed by atoms with E-state index < -0.39 is 11.1 Å². The molecule has 9 nitrogen and oxygen atoms in total. The van der Waals surface area contributed by atoms with E-state index in [-0.39, 0.29) is 12.0 Å². The van der Waals surface area contributed by atoms with Gasteiger partial charge in [-0.25, -0.2) is 4.79 Å². The maximum atomic E-state index is 13.7. The Labute approximate surface area is 228 Å². The highest BCUT2D eigenvalue weighted by Crippen LogP contribution is 2.48. The average Bonchev–Trinajstić information content (AvgIpc) is 3.10. The summed E-state index contributed by atoms with van der Waals surface area (Å²) in [5.74, 6) is 0.289. The van der Waals surface area contributed by atoms with Crippen LogP contribution in [-0.2, 0) is 9.53 Å². The van der Waals surface area contributed by atoms with Crippen LogP contribution in [0.2, 0.25) is 0 Å². The summed E-state index contributed by atoms with van der Waals surface area (Å²) in [6, 6.07) is 9.95. The number of ether oxygens (including phenoxy) is 1. The van der Waals surface area contributed by atoms with Gasteiger partial charge in [0.1, 0.15) is 17.3 Å². The second-order valence-electron chi connectivity index (χ2n) is 11.1. The summed E-state index contributed by atoms with van der Waals surface area (Å²) in [7, 11) is 0. The van der Waals surface area contributed by atoms with Crippen LogP contribution in [0.3, 0.4) is 0 Å². The number of aryl methyl sites for hydroxylation is 1. The largest absolute Gasteiger partial charge is 0.444 e. The Hall–Kier alpha value is -3.71. The third-order valence-corrected chi connectivity index (χ3v) is 7.76. The van der Waals surface area contributed by atoms with Crippen molar-refractivity contribution in [3.8, 4) is 0 Å². The lowest BCUT2D eigenvalue weighted by Gasteiger charge is -2.43. The fourth-order valence-corrected chi connectivity index (χ4v) is 5.75. The van der Waals surface area contributed by atoms with Crippen molar-refractivity contribution in [2.75, 3.05) is 40.9 Å². The molecule has 2 aromatic rings. The van der Waals surface area contributed by atoms with Crippen LogP contribution in [0.25, 0.3) is 4.85 Å². The van der Waals surface area contributed by atoms with Crippen LogP contribution in [-0.4, -0.2) is 64.3 Å². The van der Waals surface area contributed by atoms with Gasteiger partial charge < -0.3 is 24.3 Å². The molecule has 1 aliphatic carbocycles. The molecule has 3 heterocycles. The summed E-state index contributed by atoms with van der Waals surface area (Å²) in [5, 5.41) is 0.435. The highest BCUT2D eigenvalue weighted by atomic mass is 32.1. The van der Waals surface area contributed by atoms with Crippen molar-refractivity contribution in [1.82, 2.24) is 9.88 Å². The molecule has 10 heteroatoms. The minimum atomic E-state index is -0.677. The Morgan fingerprint density at radius 1 is 1.08 bits per heavy atom. The number of hydrogen-bond acceptors (Lipinski definition) is 6. The molecule has 1 saturated carbocycles. The van der Waals surface area contributed by atoms with Crippen LogP contribution < -0.4 is 14.7 Å². The zero-order chi connectivity index (χ0) is 27.2. The van der Waals surface area contributed by atoms with Gasteiger partial charge >= 0.3 is 6.09 Å². The van der Waals surface area contributed by atoms with Gasteiger partial charge in [0.15, 0.2) is 5.11 Å². The number of piperazine rings is 1. The predicted octanol–water partition coefficient (Wildman–Crippen LogP) is 5.06. The molecule has 2 saturated heterocycles. The van der Waals surface area contributed by atoms with E-state index >= 15 is 0 Å². The highest BCUT2D eigenvalue weighted by molar-refractivity contribution is 7.81. The Bertz CT molecular complexity index is 1320. The van der Waals surface area contributed by atoms with Gasteiger partial charge in [-0.2, -0.15) is 0 Å². The Balaban J connectivity index is 1.33. The third kappa shape index (κ3) is 4.45. The Morgan fingerprint density at radius 3 is 2.24 bits per heavy atom. The molecule has 1 aromatic heterocycles. The van der Waals surface area contributed by atoms with Crippen molar-refractivity contribution in [3.63, 3.8) is 0 Å². The monoisotopic (exact) mass is 532 g/mol. The molecule has 1 spiro atoms. The van der Waals surface area contributed by atoms with Gasteiger partial charge in [0, 0.05) is 37.6 Å². The van der Waals surface area contributed by atoms with Crippen LogP contribution >= 0.6 is 12.2 Å². The van der Waals surface area contributed by atoms with Gasteiger partial charge in [0.25, 0.3) is 11.7 Å². The molecule has 0 radical (unpaired) electrons. The van der Waals surface area contributed by atoms with E-state index in [0.717, 1.165) is 30.6 Å². The first-order valence-electron chi connectivity index (χ1n) is 12.9. The van der Waals surface area contributed by atoms with Gasteiger partial charge in [-0.15, -0.1) is 4.98 Å². The lowest BCUT2D eigenvalue weighted by Crippen LogP contribution is -2.55. The molecule has 3 fully saturated rings. The average molecular weight is 533 g/mol. The summed E-state index contributed by atoms with van der Waals surface area (Å²) < 4.78 is 5.51. The van der Waals surface area contributed by atoms with E-state index in [1.165, 1.54) is 0 Å². The number of pyridine rings is 1. The van der Waals surface area contributed by atoms with E-state index in [2.05, 4.69) is 26.9 Å². The Kier molecular flexibility index (Phi) is 6.51. The summed E-state index contributed by atoms with van der Waals surface area (Å²) >= 11 is 5.87. The smallest absolute Gasteiger partial charge is 0.410 e. The number of nitrogens with zero attached hydrogens (tertiary/aromatic N) is 6. The molecule has 0 bridgehead atoms. The van der Waals surface area contributed by atoms with Gasteiger partial charge in [0.2, 0.25) is 0 Å². The number of carbonyl (C=O) groups is 2. The molecule has 0 unspecified atom stereocenters. The number of hydrogen-bond donors (Lipinski definition) is 0. The van der Waals surface area contributed by atoms with Crippen molar-refractivity contribution in [2.45, 2.75) is 58.1 Å². The van der Waals surface area contributed by atoms with Crippen LogP contribution in [0.15, 0.2) is 36.5 Å². The minimum absolute atomic E-state index is 0.0344. The quantitative estimate of drug-likeness (QED) is 0.404. The molecule has 2 aliphatic heterocycles. The fraction of sp³-hybridized carbons (Fsp3) is 0.464. The van der Waals surface area contributed by atoms with Crippen LogP contribution in [0.4, 0.5) is 27.7 Å². The normalized spacial score (nSPS) is 19.0. The number of amides is 2. The molecular weight excluding hydrogens is 500 g/mol. The number of thiocarbonyl (C=S) groups is 1. The molecule has 0 atom stereocenters. The standard InChI is InChI=1S/C28H32N6O3S/c1-19-17-22(18-30-23(19)29-5)33-24(35)28(11-6-12-28)34(25(33)38)21-9-7-20(8-10-21)31-13-15-32(16-14-31)26(36)37-27(2,3)4/h7-10,17-18H,6,11-16H2,1-4H3. The maximum absolute atomic E-state index is 13.7. The number of benzene rings is 1. The molecule has 0 N–H and O–H groups in total. The lowest BCUT2D eigenvalue weighted by atomic mass is 9.75. The minimum Gasteiger partial charge on any atom is -0.444 e. The third-order valence-electron chi connectivity index (χ3n) is 7.40. The summed E-state index contributed by atoms with van der Waals surface area (Å²) in [6.45, 7) is 17.3. The molecule has 2 amide bonds. The fourth-order valence-electron chi connectivity index (χ4n) is 5.29.